The van der Waals surface area contributed by atoms with Gasteiger partial charge in [-0.25, -0.2) is 9.78 Å². The van der Waals surface area contributed by atoms with E-state index in [-0.39, 0.29) is 17.5 Å². The van der Waals surface area contributed by atoms with Gasteiger partial charge in [-0.15, -0.1) is 0 Å². The molecule has 2 fully saturated rings. The lowest BCUT2D eigenvalue weighted by atomic mass is 9.73. The normalized spacial score (nSPS) is 21.8. The molecular formula is C21H23ClN4O3. The van der Waals surface area contributed by atoms with Crippen LogP contribution in [0.5, 0.6) is 11.5 Å². The molecule has 3 aliphatic heterocycles. The number of anilines is 2. The molecule has 0 radical (unpaired) electrons. The highest BCUT2D eigenvalue weighted by Crippen LogP contribution is 2.44. The number of urea groups is 1. The number of benzene rings is 1. The molecule has 29 heavy (non-hydrogen) atoms. The van der Waals surface area contributed by atoms with Gasteiger partial charge in [0.15, 0.2) is 0 Å². The number of nitrogens with zero attached hydrogens (tertiary/aromatic N) is 4. The fraction of sp³-hybridized carbons (Fsp3) is 0.429. The standard InChI is InChI=1S/C21H23ClN4O3/c1-14-9-29-18-7-15(22)3-4-17(18)26(14)20(27)25-12-21(13-25)10-24(11-21)19-8-16(28-2)5-6-23-19/h3-8,14H,9-13H2,1-2H3. The zero-order chi connectivity index (χ0) is 20.2. The molecule has 1 atom stereocenters. The smallest absolute Gasteiger partial charge is 0.325 e. The van der Waals surface area contributed by atoms with Gasteiger partial charge < -0.3 is 19.3 Å². The molecule has 0 saturated carbocycles. The Balaban J connectivity index is 1.24. The van der Waals surface area contributed by atoms with Gasteiger partial charge in [0.2, 0.25) is 0 Å². The highest BCUT2D eigenvalue weighted by molar-refractivity contribution is 6.30. The van der Waals surface area contributed by atoms with Crippen molar-refractivity contribution in [3.05, 3.63) is 41.6 Å². The number of ether oxygens (including phenoxy) is 2. The minimum absolute atomic E-state index is 0.0217. The molecule has 0 N–H and O–H groups in total. The monoisotopic (exact) mass is 414 g/mol. The van der Waals surface area contributed by atoms with Gasteiger partial charge in [-0.05, 0) is 25.1 Å². The average molecular weight is 415 g/mol. The van der Waals surface area contributed by atoms with Crippen LogP contribution in [0.25, 0.3) is 0 Å². The Bertz CT molecular complexity index is 955. The molecule has 5 rings (SSSR count). The maximum absolute atomic E-state index is 13.2. The second-order valence-electron chi connectivity index (χ2n) is 8.19. The molecule has 7 nitrogen and oxygen atoms in total. The number of amides is 2. The van der Waals surface area contributed by atoms with E-state index in [1.54, 1.807) is 25.4 Å². The van der Waals surface area contributed by atoms with Crippen LogP contribution in [0.2, 0.25) is 5.02 Å². The lowest BCUT2D eigenvalue weighted by Crippen LogP contribution is -2.74. The van der Waals surface area contributed by atoms with Crippen LogP contribution in [0.4, 0.5) is 16.3 Å². The average Bonchev–Trinajstić information content (AvgIpc) is 2.66. The van der Waals surface area contributed by atoms with E-state index in [0.717, 1.165) is 43.4 Å². The molecule has 0 aliphatic carbocycles. The van der Waals surface area contributed by atoms with Crippen molar-refractivity contribution in [2.24, 2.45) is 5.41 Å². The van der Waals surface area contributed by atoms with Crippen molar-refractivity contribution in [3.8, 4) is 11.5 Å². The zero-order valence-electron chi connectivity index (χ0n) is 16.5. The first-order chi connectivity index (χ1) is 14.0. The van der Waals surface area contributed by atoms with E-state index < -0.39 is 0 Å². The van der Waals surface area contributed by atoms with Gasteiger partial charge in [0.05, 0.1) is 18.8 Å². The van der Waals surface area contributed by atoms with Crippen molar-refractivity contribution in [2.45, 2.75) is 13.0 Å². The second kappa shape index (κ2) is 6.69. The quantitative estimate of drug-likeness (QED) is 0.754. The van der Waals surface area contributed by atoms with E-state index in [1.165, 1.54) is 0 Å². The number of methoxy groups -OCH3 is 1. The van der Waals surface area contributed by atoms with Gasteiger partial charge in [-0.3, -0.25) is 4.90 Å². The summed E-state index contributed by atoms with van der Waals surface area (Å²) < 4.78 is 11.0. The Hall–Kier alpha value is -2.67. The molecule has 2 amide bonds. The third-order valence-corrected chi connectivity index (χ3v) is 6.20. The highest BCUT2D eigenvalue weighted by atomic mass is 35.5. The summed E-state index contributed by atoms with van der Waals surface area (Å²) in [6, 6.07) is 9.24. The van der Waals surface area contributed by atoms with Crippen LogP contribution < -0.4 is 19.3 Å². The number of halogens is 1. The van der Waals surface area contributed by atoms with E-state index in [2.05, 4.69) is 9.88 Å². The summed E-state index contributed by atoms with van der Waals surface area (Å²) in [5.74, 6) is 2.40. The van der Waals surface area contributed by atoms with Gasteiger partial charge >= 0.3 is 6.03 Å². The van der Waals surface area contributed by atoms with Gasteiger partial charge in [0, 0.05) is 54.9 Å². The summed E-state index contributed by atoms with van der Waals surface area (Å²) in [5, 5.41) is 0.606. The Morgan fingerprint density at radius 2 is 2.03 bits per heavy atom. The minimum atomic E-state index is -0.0217. The van der Waals surface area contributed by atoms with Crippen LogP contribution in [0.3, 0.4) is 0 Å². The van der Waals surface area contributed by atoms with Gasteiger partial charge in [0.25, 0.3) is 0 Å². The summed E-state index contributed by atoms with van der Waals surface area (Å²) in [5.41, 5.74) is 0.952. The molecule has 2 aromatic rings. The largest absolute Gasteiger partial charge is 0.497 e. The Morgan fingerprint density at radius 1 is 1.24 bits per heavy atom. The van der Waals surface area contributed by atoms with E-state index in [4.69, 9.17) is 21.1 Å². The first-order valence-corrected chi connectivity index (χ1v) is 10.1. The van der Waals surface area contributed by atoms with Crippen molar-refractivity contribution in [1.29, 1.82) is 0 Å². The summed E-state index contributed by atoms with van der Waals surface area (Å²) in [6.07, 6.45) is 1.76. The maximum atomic E-state index is 13.2. The first-order valence-electron chi connectivity index (χ1n) is 9.73. The number of hydrogen-bond acceptors (Lipinski definition) is 5. The summed E-state index contributed by atoms with van der Waals surface area (Å²) in [6.45, 7) is 5.81. The molecule has 4 heterocycles. The molecule has 3 aliphatic rings. The summed E-state index contributed by atoms with van der Waals surface area (Å²) in [4.78, 5) is 23.7. The van der Waals surface area contributed by atoms with Crippen molar-refractivity contribution >= 4 is 29.1 Å². The molecule has 1 aromatic carbocycles. The van der Waals surface area contributed by atoms with Gasteiger partial charge in [0.1, 0.15) is 23.9 Å². The third-order valence-electron chi connectivity index (χ3n) is 5.96. The van der Waals surface area contributed by atoms with Crippen LogP contribution in [0.15, 0.2) is 36.5 Å². The summed E-state index contributed by atoms with van der Waals surface area (Å²) >= 11 is 6.08. The van der Waals surface area contributed by atoms with Crippen molar-refractivity contribution in [1.82, 2.24) is 9.88 Å². The number of rotatable bonds is 2. The fourth-order valence-corrected chi connectivity index (χ4v) is 4.65. The van der Waals surface area contributed by atoms with Crippen LogP contribution >= 0.6 is 11.6 Å². The lowest BCUT2D eigenvalue weighted by Gasteiger charge is -2.61. The number of carbonyl (C=O) groups excluding carboxylic acids is 1. The number of aromatic nitrogens is 1. The fourth-order valence-electron chi connectivity index (χ4n) is 4.49. The molecular weight excluding hydrogens is 392 g/mol. The van der Waals surface area contributed by atoms with E-state index in [0.29, 0.717) is 17.4 Å². The predicted molar refractivity (Wildman–Crippen MR) is 111 cm³/mol. The molecule has 2 saturated heterocycles. The topological polar surface area (TPSA) is 58.1 Å². The third kappa shape index (κ3) is 3.04. The lowest BCUT2D eigenvalue weighted by molar-refractivity contribution is 0.00856. The van der Waals surface area contributed by atoms with E-state index in [9.17, 15) is 4.79 Å². The van der Waals surface area contributed by atoms with Crippen LogP contribution in [-0.2, 0) is 0 Å². The molecule has 1 unspecified atom stereocenters. The Labute approximate surface area is 174 Å². The number of carbonyl (C=O) groups is 1. The Kier molecular flexibility index (Phi) is 4.24. The number of pyridine rings is 1. The number of hydrogen-bond donors (Lipinski definition) is 0. The number of fused-ring (bicyclic) bond motifs is 1. The van der Waals surface area contributed by atoms with Crippen LogP contribution in [0, 0.1) is 5.41 Å². The van der Waals surface area contributed by atoms with Crippen LogP contribution in [0.1, 0.15) is 6.92 Å². The highest BCUT2D eigenvalue weighted by Gasteiger charge is 2.54. The van der Waals surface area contributed by atoms with Crippen LogP contribution in [-0.4, -0.2) is 61.9 Å². The predicted octanol–water partition coefficient (Wildman–Crippen LogP) is 3.27. The minimum Gasteiger partial charge on any atom is -0.497 e. The summed E-state index contributed by atoms with van der Waals surface area (Å²) in [7, 11) is 1.66. The van der Waals surface area contributed by atoms with E-state index in [1.807, 2.05) is 34.9 Å². The molecule has 8 heteroatoms. The van der Waals surface area contributed by atoms with Gasteiger partial charge in [-0.2, -0.15) is 0 Å². The first kappa shape index (κ1) is 18.4. The molecule has 1 aromatic heterocycles. The molecule has 152 valence electrons. The number of likely N-dealkylation sites (tertiary alicyclic amines) is 1. The van der Waals surface area contributed by atoms with Crippen molar-refractivity contribution in [3.63, 3.8) is 0 Å². The second-order valence-corrected chi connectivity index (χ2v) is 8.63. The zero-order valence-corrected chi connectivity index (χ0v) is 17.2. The van der Waals surface area contributed by atoms with Crippen molar-refractivity contribution in [2.75, 3.05) is 49.7 Å². The molecule has 0 bridgehead atoms. The van der Waals surface area contributed by atoms with Gasteiger partial charge in [-0.1, -0.05) is 11.6 Å². The maximum Gasteiger partial charge on any atom is 0.325 e. The Morgan fingerprint density at radius 3 is 2.79 bits per heavy atom. The van der Waals surface area contributed by atoms with Crippen molar-refractivity contribution < 1.29 is 14.3 Å². The SMILES string of the molecule is COc1ccnc(N2CC3(CN(C(=O)N4c5ccc(Cl)cc5OCC4C)C3)C2)c1. The molecule has 1 spiro atoms. The van der Waals surface area contributed by atoms with E-state index >= 15 is 0 Å².